The Morgan fingerprint density at radius 3 is 2.63 bits per heavy atom. The van der Waals surface area contributed by atoms with Gasteiger partial charge < -0.3 is 14.6 Å². The van der Waals surface area contributed by atoms with Crippen molar-refractivity contribution in [1.82, 2.24) is 4.90 Å². The first-order valence-corrected chi connectivity index (χ1v) is 13.6. The van der Waals surface area contributed by atoms with E-state index in [1.165, 1.54) is 12.1 Å². The number of aliphatic imine (C=N–C) groups is 2. The summed E-state index contributed by atoms with van der Waals surface area (Å²) >= 11 is 0. The fraction of sp³-hybridized carbons (Fsp3) is 0.419. The van der Waals surface area contributed by atoms with Gasteiger partial charge in [0, 0.05) is 48.1 Å². The molecule has 0 bridgehead atoms. The van der Waals surface area contributed by atoms with Crippen molar-refractivity contribution < 1.29 is 14.0 Å². The van der Waals surface area contributed by atoms with Crippen LogP contribution in [0.25, 0.3) is 6.08 Å². The largest absolute Gasteiger partial charge is 0.330 e. The zero-order valence-corrected chi connectivity index (χ0v) is 22.6. The van der Waals surface area contributed by atoms with Gasteiger partial charge in [-0.05, 0) is 73.9 Å². The standard InChI is InChI=1S/C29H29FN4O2.C2H6/c1-18-9-21(12-23(30)10-18)26(15-35)34-16-29(6-7-29)13-22(28(34)36)11-20-3-4-25(24-5-8-31-27(20)24)33-14-19(2)32-17-33;1-2/h3-4,8-12,15,17,19,26H,5-7,13-14,16H2,1-2H3;1-2H3/b22-11+;. The van der Waals surface area contributed by atoms with E-state index in [9.17, 15) is 14.0 Å². The molecule has 1 saturated carbocycles. The molecule has 7 heteroatoms. The average Bonchev–Trinajstić information content (AvgIpc) is 3.25. The third-order valence-electron chi connectivity index (χ3n) is 7.80. The zero-order valence-electron chi connectivity index (χ0n) is 22.6. The molecular weight excluding hydrogens is 479 g/mol. The summed E-state index contributed by atoms with van der Waals surface area (Å²) in [5.74, 6) is -0.559. The number of piperidine rings is 1. The lowest BCUT2D eigenvalue weighted by Gasteiger charge is -2.38. The summed E-state index contributed by atoms with van der Waals surface area (Å²) in [6, 6.07) is 8.14. The summed E-state index contributed by atoms with van der Waals surface area (Å²) in [7, 11) is 0. The molecule has 2 fully saturated rings. The lowest BCUT2D eigenvalue weighted by molar-refractivity contribution is -0.136. The van der Waals surface area contributed by atoms with Gasteiger partial charge in [0.25, 0.3) is 5.91 Å². The Kier molecular flexibility index (Phi) is 7.03. The number of likely N-dealkylation sites (tertiary alicyclic amines) is 1. The normalized spacial score (nSPS) is 22.5. The van der Waals surface area contributed by atoms with Crippen LogP contribution in [0.4, 0.5) is 15.8 Å². The molecule has 0 aromatic heterocycles. The number of halogens is 1. The molecule has 198 valence electrons. The van der Waals surface area contributed by atoms with Crippen LogP contribution in [0, 0.1) is 18.2 Å². The van der Waals surface area contributed by atoms with E-state index in [1.807, 2.05) is 38.5 Å². The second-order valence-corrected chi connectivity index (χ2v) is 10.7. The van der Waals surface area contributed by atoms with Crippen LogP contribution < -0.4 is 4.90 Å². The molecule has 3 heterocycles. The number of aryl methyl sites for hydroxylation is 1. The summed E-state index contributed by atoms with van der Waals surface area (Å²) in [5, 5.41) is 0. The van der Waals surface area contributed by atoms with Gasteiger partial charge in [-0.15, -0.1) is 0 Å². The van der Waals surface area contributed by atoms with Gasteiger partial charge >= 0.3 is 0 Å². The number of amides is 1. The first-order chi connectivity index (χ1) is 18.4. The zero-order chi connectivity index (χ0) is 27.0. The third-order valence-corrected chi connectivity index (χ3v) is 7.80. The number of rotatable bonds is 5. The Hall–Kier alpha value is -3.61. The van der Waals surface area contributed by atoms with Crippen LogP contribution in [0.5, 0.6) is 0 Å². The number of benzene rings is 2. The predicted molar refractivity (Wildman–Crippen MR) is 151 cm³/mol. The average molecular weight is 515 g/mol. The molecule has 0 N–H and O–H groups in total. The fourth-order valence-electron chi connectivity index (χ4n) is 5.80. The van der Waals surface area contributed by atoms with Gasteiger partial charge in [0.05, 0.1) is 18.1 Å². The van der Waals surface area contributed by atoms with Crippen molar-refractivity contribution in [3.05, 3.63) is 64.0 Å². The number of fused-ring (bicyclic) bond motifs is 1. The maximum Gasteiger partial charge on any atom is 0.250 e. The minimum atomic E-state index is -0.810. The monoisotopic (exact) mass is 514 g/mol. The molecule has 38 heavy (non-hydrogen) atoms. The molecule has 2 aromatic carbocycles. The van der Waals surface area contributed by atoms with E-state index in [0.29, 0.717) is 24.1 Å². The van der Waals surface area contributed by atoms with E-state index in [1.54, 1.807) is 17.9 Å². The molecule has 0 radical (unpaired) electrons. The molecule has 6 rings (SSSR count). The number of aldehydes is 1. The Morgan fingerprint density at radius 1 is 1.18 bits per heavy atom. The topological polar surface area (TPSA) is 65.3 Å². The van der Waals surface area contributed by atoms with Crippen molar-refractivity contribution >= 4 is 42.2 Å². The van der Waals surface area contributed by atoms with E-state index in [0.717, 1.165) is 60.2 Å². The molecule has 6 nitrogen and oxygen atoms in total. The number of hydrogen-bond donors (Lipinski definition) is 0. The highest BCUT2D eigenvalue weighted by molar-refractivity contribution is 6.02. The van der Waals surface area contributed by atoms with E-state index < -0.39 is 11.9 Å². The number of anilines is 1. The fourth-order valence-corrected chi connectivity index (χ4v) is 5.80. The van der Waals surface area contributed by atoms with E-state index in [2.05, 4.69) is 27.9 Å². The first kappa shape index (κ1) is 26.0. The van der Waals surface area contributed by atoms with E-state index in [4.69, 9.17) is 0 Å². The molecule has 1 amide bonds. The summed E-state index contributed by atoms with van der Waals surface area (Å²) in [4.78, 5) is 38.9. The third kappa shape index (κ3) is 4.82. The minimum absolute atomic E-state index is 0.00208. The highest BCUT2D eigenvalue weighted by Gasteiger charge is 2.51. The Morgan fingerprint density at radius 2 is 1.97 bits per heavy atom. The lowest BCUT2D eigenvalue weighted by Crippen LogP contribution is -2.45. The van der Waals surface area contributed by atoms with Crippen molar-refractivity contribution in [2.75, 3.05) is 18.0 Å². The van der Waals surface area contributed by atoms with Crippen molar-refractivity contribution in [1.29, 1.82) is 0 Å². The van der Waals surface area contributed by atoms with Crippen LogP contribution in [0.15, 0.2) is 45.9 Å². The Labute approximate surface area is 224 Å². The predicted octanol–water partition coefficient (Wildman–Crippen LogP) is 5.99. The summed E-state index contributed by atoms with van der Waals surface area (Å²) < 4.78 is 14.2. The van der Waals surface area contributed by atoms with Crippen molar-refractivity contribution in [3.8, 4) is 0 Å². The summed E-state index contributed by atoms with van der Waals surface area (Å²) in [6.45, 7) is 9.25. The van der Waals surface area contributed by atoms with Crippen molar-refractivity contribution in [3.63, 3.8) is 0 Å². The Bertz CT molecular complexity index is 1340. The number of hydrogen-bond acceptors (Lipinski definition) is 5. The van der Waals surface area contributed by atoms with Gasteiger partial charge in [-0.1, -0.05) is 26.0 Å². The van der Waals surface area contributed by atoms with Gasteiger partial charge in [-0.25, -0.2) is 4.39 Å². The second-order valence-electron chi connectivity index (χ2n) is 10.7. The van der Waals surface area contributed by atoms with Crippen LogP contribution in [-0.2, 0) is 16.0 Å². The molecule has 3 aliphatic heterocycles. The first-order valence-electron chi connectivity index (χ1n) is 13.6. The highest BCUT2D eigenvalue weighted by Crippen LogP contribution is 2.55. The highest BCUT2D eigenvalue weighted by atomic mass is 19.1. The van der Waals surface area contributed by atoms with Crippen molar-refractivity contribution in [2.24, 2.45) is 15.4 Å². The molecule has 2 aromatic rings. The SMILES string of the molecule is CC.Cc1cc(F)cc(C(C=O)N2CC3(CC3)C/C(=C\c3ccc(N4C=NC(C)C4)c4c3N=CC4)C2=O)c1. The quantitative estimate of drug-likeness (QED) is 0.364. The van der Waals surface area contributed by atoms with Crippen LogP contribution in [-0.4, -0.2) is 48.8 Å². The maximum absolute atomic E-state index is 14.2. The van der Waals surface area contributed by atoms with Crippen LogP contribution >= 0.6 is 0 Å². The molecule has 1 saturated heterocycles. The van der Waals surface area contributed by atoms with Crippen LogP contribution in [0.1, 0.15) is 68.3 Å². The van der Waals surface area contributed by atoms with Gasteiger partial charge in [-0.2, -0.15) is 0 Å². The molecule has 1 spiro atoms. The smallest absolute Gasteiger partial charge is 0.250 e. The Balaban J connectivity index is 0.00000144. The number of carbonyl (C=O) groups is 2. The van der Waals surface area contributed by atoms with E-state index >= 15 is 0 Å². The molecule has 2 unspecified atom stereocenters. The van der Waals surface area contributed by atoms with Crippen molar-refractivity contribution in [2.45, 2.75) is 65.5 Å². The summed E-state index contributed by atoms with van der Waals surface area (Å²) in [5.41, 5.74) is 5.99. The molecule has 2 atom stereocenters. The second kappa shape index (κ2) is 10.3. The van der Waals surface area contributed by atoms with Crippen LogP contribution in [0.2, 0.25) is 0 Å². The molecule has 1 aliphatic carbocycles. The van der Waals surface area contributed by atoms with Gasteiger partial charge in [-0.3, -0.25) is 14.8 Å². The van der Waals surface area contributed by atoms with Crippen LogP contribution in [0.3, 0.4) is 0 Å². The number of nitrogens with zero attached hydrogens (tertiary/aromatic N) is 4. The molecular formula is C31H35FN4O2. The van der Waals surface area contributed by atoms with E-state index in [-0.39, 0.29) is 17.4 Å². The summed E-state index contributed by atoms with van der Waals surface area (Å²) in [6.07, 6.45) is 10.00. The maximum atomic E-state index is 14.2. The minimum Gasteiger partial charge on any atom is -0.330 e. The van der Waals surface area contributed by atoms with Gasteiger partial charge in [0.2, 0.25) is 0 Å². The molecule has 4 aliphatic rings. The lowest BCUT2D eigenvalue weighted by atomic mass is 9.87. The van der Waals surface area contributed by atoms with Gasteiger partial charge in [0.15, 0.2) is 0 Å². The number of carbonyl (C=O) groups excluding carboxylic acids is 2. The van der Waals surface area contributed by atoms with Gasteiger partial charge in [0.1, 0.15) is 18.1 Å².